The summed E-state index contributed by atoms with van der Waals surface area (Å²) in [4.78, 5) is 4.33. The molecule has 0 atom stereocenters. The third-order valence-corrected chi connectivity index (χ3v) is 3.80. The average molecular weight is 268 g/mol. The number of rotatable bonds is 4. The zero-order chi connectivity index (χ0) is 13.8. The highest BCUT2D eigenvalue weighted by molar-refractivity contribution is 5.39. The van der Waals surface area contributed by atoms with E-state index in [9.17, 15) is 0 Å². The average Bonchev–Trinajstić information content (AvgIpc) is 2.49. The molecule has 20 heavy (non-hydrogen) atoms. The Labute approximate surface area is 119 Å². The van der Waals surface area contributed by atoms with Crippen LogP contribution in [0.25, 0.3) is 0 Å². The number of hydrogen-bond donors (Lipinski definition) is 1. The molecule has 0 bridgehead atoms. The van der Waals surface area contributed by atoms with Crippen LogP contribution in [0.3, 0.4) is 0 Å². The molecule has 1 aromatic heterocycles. The molecule has 0 fully saturated rings. The van der Waals surface area contributed by atoms with Gasteiger partial charge in [-0.1, -0.05) is 12.1 Å². The number of fused-ring (bicyclic) bond motifs is 1. The van der Waals surface area contributed by atoms with Gasteiger partial charge in [-0.25, -0.2) is 4.98 Å². The minimum absolute atomic E-state index is 0.603. The molecular formula is C17H20N2O. The number of nitrogens with zero attached hydrogens (tertiary/aromatic N) is 1. The van der Waals surface area contributed by atoms with Gasteiger partial charge in [0.1, 0.15) is 5.75 Å². The van der Waals surface area contributed by atoms with Gasteiger partial charge in [-0.05, 0) is 68.0 Å². The highest BCUT2D eigenvalue weighted by Gasteiger charge is 2.11. The monoisotopic (exact) mass is 268 g/mol. The van der Waals surface area contributed by atoms with Crippen LogP contribution in [0.15, 0.2) is 36.5 Å². The standard InChI is InChI=1S/C17H20N2O/c18-10-9-14-6-3-11-19-17(14)20-16-8-7-13-4-1-2-5-15(13)12-16/h3,6-8,11-12H,1-2,4-5,9-10,18H2. The molecule has 3 nitrogen and oxygen atoms in total. The predicted octanol–water partition coefficient (Wildman–Crippen LogP) is 3.25. The normalized spacial score (nSPS) is 13.8. The highest BCUT2D eigenvalue weighted by Crippen LogP contribution is 2.28. The van der Waals surface area contributed by atoms with Crippen LogP contribution in [-0.4, -0.2) is 11.5 Å². The number of aryl methyl sites for hydroxylation is 2. The molecule has 2 N–H and O–H groups in total. The number of nitrogens with two attached hydrogens (primary N) is 1. The van der Waals surface area contributed by atoms with Crippen LogP contribution in [0, 0.1) is 0 Å². The van der Waals surface area contributed by atoms with Crippen LogP contribution < -0.4 is 10.5 Å². The first-order valence-corrected chi connectivity index (χ1v) is 7.30. The van der Waals surface area contributed by atoms with Crippen LogP contribution in [0.1, 0.15) is 29.5 Å². The summed E-state index contributed by atoms with van der Waals surface area (Å²) in [6.45, 7) is 0.603. The second-order valence-electron chi connectivity index (χ2n) is 5.25. The smallest absolute Gasteiger partial charge is 0.222 e. The second kappa shape index (κ2) is 6.06. The van der Waals surface area contributed by atoms with E-state index < -0.39 is 0 Å². The fraction of sp³-hybridized carbons (Fsp3) is 0.353. The van der Waals surface area contributed by atoms with Crippen molar-refractivity contribution >= 4 is 0 Å². The van der Waals surface area contributed by atoms with Gasteiger partial charge in [0.15, 0.2) is 0 Å². The van der Waals surface area contributed by atoms with Crippen molar-refractivity contribution in [3.05, 3.63) is 53.2 Å². The topological polar surface area (TPSA) is 48.1 Å². The summed E-state index contributed by atoms with van der Waals surface area (Å²) >= 11 is 0. The largest absolute Gasteiger partial charge is 0.439 e. The third-order valence-electron chi connectivity index (χ3n) is 3.80. The molecule has 2 aromatic rings. The number of hydrogen-bond acceptors (Lipinski definition) is 3. The van der Waals surface area contributed by atoms with Crippen molar-refractivity contribution in [2.45, 2.75) is 32.1 Å². The molecule has 0 saturated heterocycles. The molecule has 0 spiro atoms. The fourth-order valence-electron chi connectivity index (χ4n) is 2.75. The Morgan fingerprint density at radius 1 is 1.10 bits per heavy atom. The second-order valence-corrected chi connectivity index (χ2v) is 5.25. The minimum Gasteiger partial charge on any atom is -0.439 e. The van der Waals surface area contributed by atoms with Crippen LogP contribution in [-0.2, 0) is 19.3 Å². The summed E-state index contributed by atoms with van der Waals surface area (Å²) in [6.07, 6.45) is 7.47. The molecule has 0 amide bonds. The number of pyridine rings is 1. The van der Waals surface area contributed by atoms with Gasteiger partial charge in [-0.15, -0.1) is 0 Å². The lowest BCUT2D eigenvalue weighted by molar-refractivity contribution is 0.454. The fourth-order valence-corrected chi connectivity index (χ4v) is 2.75. The van der Waals surface area contributed by atoms with Crippen molar-refractivity contribution < 1.29 is 4.74 Å². The van der Waals surface area contributed by atoms with Crippen LogP contribution in [0.4, 0.5) is 0 Å². The Balaban J connectivity index is 1.84. The van der Waals surface area contributed by atoms with Crippen LogP contribution in [0.5, 0.6) is 11.6 Å². The third kappa shape index (κ3) is 2.83. The van der Waals surface area contributed by atoms with Crippen molar-refractivity contribution in [3.63, 3.8) is 0 Å². The summed E-state index contributed by atoms with van der Waals surface area (Å²) < 4.78 is 5.96. The van der Waals surface area contributed by atoms with Gasteiger partial charge in [-0.3, -0.25) is 0 Å². The van der Waals surface area contributed by atoms with Crippen molar-refractivity contribution in [1.82, 2.24) is 4.98 Å². The SMILES string of the molecule is NCCc1cccnc1Oc1ccc2c(c1)CCCC2. The summed E-state index contributed by atoms with van der Waals surface area (Å²) in [5.74, 6) is 1.55. The van der Waals surface area contributed by atoms with E-state index in [0.29, 0.717) is 12.4 Å². The summed E-state index contributed by atoms with van der Waals surface area (Å²) in [5.41, 5.74) is 9.58. The summed E-state index contributed by atoms with van der Waals surface area (Å²) in [5, 5.41) is 0. The van der Waals surface area contributed by atoms with Gasteiger partial charge in [-0.2, -0.15) is 0 Å². The summed E-state index contributed by atoms with van der Waals surface area (Å²) in [7, 11) is 0. The van der Waals surface area contributed by atoms with E-state index in [2.05, 4.69) is 17.1 Å². The molecule has 1 aliphatic carbocycles. The van der Waals surface area contributed by atoms with E-state index in [-0.39, 0.29) is 0 Å². The van der Waals surface area contributed by atoms with E-state index in [4.69, 9.17) is 10.5 Å². The van der Waals surface area contributed by atoms with Crippen molar-refractivity contribution in [1.29, 1.82) is 0 Å². The van der Waals surface area contributed by atoms with Gasteiger partial charge in [0.25, 0.3) is 0 Å². The lowest BCUT2D eigenvalue weighted by atomic mass is 9.92. The lowest BCUT2D eigenvalue weighted by Crippen LogP contribution is -2.05. The van der Waals surface area contributed by atoms with Gasteiger partial charge in [0.05, 0.1) is 0 Å². The Morgan fingerprint density at radius 3 is 2.80 bits per heavy atom. The maximum atomic E-state index is 5.96. The number of ether oxygens (including phenoxy) is 1. The van der Waals surface area contributed by atoms with Crippen molar-refractivity contribution in [3.8, 4) is 11.6 Å². The van der Waals surface area contributed by atoms with Gasteiger partial charge in [0, 0.05) is 11.8 Å². The molecule has 1 heterocycles. The van der Waals surface area contributed by atoms with Gasteiger partial charge < -0.3 is 10.5 Å². The number of benzene rings is 1. The zero-order valence-electron chi connectivity index (χ0n) is 11.6. The minimum atomic E-state index is 0.603. The molecule has 3 heteroatoms. The maximum absolute atomic E-state index is 5.96. The molecule has 0 saturated carbocycles. The Morgan fingerprint density at radius 2 is 1.95 bits per heavy atom. The highest BCUT2D eigenvalue weighted by atomic mass is 16.5. The molecule has 1 aromatic carbocycles. The Bertz CT molecular complexity index is 595. The Hall–Kier alpha value is -1.87. The van der Waals surface area contributed by atoms with E-state index in [1.807, 2.05) is 18.2 Å². The van der Waals surface area contributed by atoms with Crippen LogP contribution in [0.2, 0.25) is 0 Å². The van der Waals surface area contributed by atoms with Crippen molar-refractivity contribution in [2.24, 2.45) is 5.73 Å². The molecule has 0 unspecified atom stereocenters. The van der Waals surface area contributed by atoms with Gasteiger partial charge in [0.2, 0.25) is 5.88 Å². The van der Waals surface area contributed by atoms with E-state index in [1.54, 1.807) is 6.20 Å². The zero-order valence-corrected chi connectivity index (χ0v) is 11.6. The van der Waals surface area contributed by atoms with Crippen molar-refractivity contribution in [2.75, 3.05) is 6.54 Å². The van der Waals surface area contributed by atoms with Gasteiger partial charge >= 0.3 is 0 Å². The summed E-state index contributed by atoms with van der Waals surface area (Å²) in [6, 6.07) is 10.3. The number of aromatic nitrogens is 1. The quantitative estimate of drug-likeness (QED) is 0.926. The Kier molecular flexibility index (Phi) is 3.97. The molecule has 1 aliphatic rings. The first kappa shape index (κ1) is 13.1. The molecule has 0 aliphatic heterocycles. The van der Waals surface area contributed by atoms with E-state index >= 15 is 0 Å². The first-order valence-electron chi connectivity index (χ1n) is 7.30. The molecule has 104 valence electrons. The van der Waals surface area contributed by atoms with E-state index in [0.717, 1.165) is 24.2 Å². The first-order chi connectivity index (χ1) is 9.86. The van der Waals surface area contributed by atoms with Crippen LogP contribution >= 0.6 is 0 Å². The predicted molar refractivity (Wildman–Crippen MR) is 80.2 cm³/mol. The maximum Gasteiger partial charge on any atom is 0.222 e. The molecular weight excluding hydrogens is 248 g/mol. The molecule has 3 rings (SSSR count). The lowest BCUT2D eigenvalue weighted by Gasteiger charge is -2.17. The van der Waals surface area contributed by atoms with E-state index in [1.165, 1.54) is 30.4 Å². The molecule has 0 radical (unpaired) electrons.